The molecule has 0 bridgehead atoms. The molecule has 20 heavy (non-hydrogen) atoms. The molecule has 0 aliphatic rings. The number of hydrogen-bond acceptors (Lipinski definition) is 3. The first-order valence-electron chi connectivity index (χ1n) is 7.40. The van der Waals surface area contributed by atoms with Crippen molar-refractivity contribution in [3.63, 3.8) is 0 Å². The van der Waals surface area contributed by atoms with Gasteiger partial charge in [0.15, 0.2) is 0 Å². The molecule has 1 atom stereocenters. The van der Waals surface area contributed by atoms with Crippen molar-refractivity contribution >= 4 is 34.5 Å². The van der Waals surface area contributed by atoms with Crippen LogP contribution in [0.5, 0.6) is 0 Å². The summed E-state index contributed by atoms with van der Waals surface area (Å²) in [6, 6.07) is -0.770. The van der Waals surface area contributed by atoms with E-state index >= 15 is 0 Å². The van der Waals surface area contributed by atoms with Crippen molar-refractivity contribution in [2.24, 2.45) is 5.73 Å². The SMILES string of the molecule is NCCCC[C@H](NC(=O)CCCCCCCI)C(=O)O. The van der Waals surface area contributed by atoms with Gasteiger partial charge in [-0.2, -0.15) is 0 Å². The summed E-state index contributed by atoms with van der Waals surface area (Å²) >= 11 is 2.36. The number of hydrogen-bond donors (Lipinski definition) is 3. The highest BCUT2D eigenvalue weighted by molar-refractivity contribution is 14.1. The number of unbranched alkanes of at least 4 members (excludes halogenated alkanes) is 5. The molecule has 0 heterocycles. The van der Waals surface area contributed by atoms with E-state index in [1.54, 1.807) is 0 Å². The van der Waals surface area contributed by atoms with Gasteiger partial charge in [0.25, 0.3) is 0 Å². The fraction of sp³-hybridized carbons (Fsp3) is 0.857. The van der Waals surface area contributed by atoms with Crippen molar-refractivity contribution in [2.75, 3.05) is 11.0 Å². The van der Waals surface area contributed by atoms with Gasteiger partial charge in [0, 0.05) is 6.42 Å². The number of carbonyl (C=O) groups excluding carboxylic acids is 1. The summed E-state index contributed by atoms with van der Waals surface area (Å²) < 4.78 is 1.18. The van der Waals surface area contributed by atoms with Crippen LogP contribution in [-0.2, 0) is 9.59 Å². The summed E-state index contributed by atoms with van der Waals surface area (Å²) in [5, 5.41) is 11.6. The fourth-order valence-corrected chi connectivity index (χ4v) is 2.47. The van der Waals surface area contributed by atoms with Gasteiger partial charge in [0.2, 0.25) is 5.91 Å². The molecule has 118 valence electrons. The Hall–Kier alpha value is -0.370. The number of aliphatic carboxylic acids is 1. The molecule has 0 aliphatic heterocycles. The van der Waals surface area contributed by atoms with Crippen LogP contribution in [0.2, 0.25) is 0 Å². The molecule has 0 aromatic heterocycles. The molecule has 0 radical (unpaired) electrons. The van der Waals surface area contributed by atoms with E-state index in [1.165, 1.54) is 17.3 Å². The van der Waals surface area contributed by atoms with Gasteiger partial charge >= 0.3 is 5.97 Å². The van der Waals surface area contributed by atoms with Crippen LogP contribution >= 0.6 is 22.6 Å². The molecule has 5 nitrogen and oxygen atoms in total. The van der Waals surface area contributed by atoms with Crippen molar-refractivity contribution in [1.29, 1.82) is 0 Å². The Balaban J connectivity index is 3.75. The third-order valence-electron chi connectivity index (χ3n) is 3.12. The highest BCUT2D eigenvalue weighted by Gasteiger charge is 2.18. The molecule has 0 spiro atoms. The average Bonchev–Trinajstić information content (AvgIpc) is 2.41. The molecule has 0 aliphatic carbocycles. The number of halogens is 1. The van der Waals surface area contributed by atoms with Gasteiger partial charge in [-0.3, -0.25) is 4.79 Å². The minimum Gasteiger partial charge on any atom is -0.480 e. The topological polar surface area (TPSA) is 92.4 Å². The molecule has 0 rings (SSSR count). The van der Waals surface area contributed by atoms with E-state index in [1.807, 2.05) is 0 Å². The highest BCUT2D eigenvalue weighted by atomic mass is 127. The van der Waals surface area contributed by atoms with Gasteiger partial charge in [-0.25, -0.2) is 4.79 Å². The normalized spacial score (nSPS) is 12.1. The molecule has 0 fully saturated rings. The lowest BCUT2D eigenvalue weighted by Gasteiger charge is -2.14. The first-order valence-corrected chi connectivity index (χ1v) is 8.92. The zero-order valence-electron chi connectivity index (χ0n) is 12.1. The summed E-state index contributed by atoms with van der Waals surface area (Å²) in [5.41, 5.74) is 5.37. The minimum absolute atomic E-state index is 0.154. The van der Waals surface area contributed by atoms with Crippen LogP contribution in [0.1, 0.15) is 57.8 Å². The number of amides is 1. The number of alkyl halides is 1. The van der Waals surface area contributed by atoms with Crippen LogP contribution in [-0.4, -0.2) is 34.0 Å². The highest BCUT2D eigenvalue weighted by Crippen LogP contribution is 2.07. The van der Waals surface area contributed by atoms with Crippen molar-refractivity contribution in [2.45, 2.75) is 63.8 Å². The van der Waals surface area contributed by atoms with Crippen molar-refractivity contribution in [3.05, 3.63) is 0 Å². The summed E-state index contributed by atoms with van der Waals surface area (Å²) in [6.07, 6.45) is 7.85. The third-order valence-corrected chi connectivity index (χ3v) is 3.88. The standard InChI is InChI=1S/C14H27IN2O3/c15-10-6-3-1-2-4-9-13(18)17-12(14(19)20)8-5-7-11-16/h12H,1-11,16H2,(H,17,18)(H,19,20)/t12-/m0/s1. The Morgan fingerprint density at radius 3 is 2.30 bits per heavy atom. The van der Waals surface area contributed by atoms with Crippen molar-refractivity contribution in [1.82, 2.24) is 5.32 Å². The van der Waals surface area contributed by atoms with E-state index in [-0.39, 0.29) is 5.91 Å². The van der Waals surface area contributed by atoms with Crippen LogP contribution in [0.4, 0.5) is 0 Å². The lowest BCUT2D eigenvalue weighted by molar-refractivity contribution is -0.142. The van der Waals surface area contributed by atoms with Gasteiger partial charge in [0.05, 0.1) is 0 Å². The van der Waals surface area contributed by atoms with E-state index in [0.717, 1.165) is 32.1 Å². The Labute approximate surface area is 135 Å². The number of nitrogens with one attached hydrogen (secondary N) is 1. The molecule has 4 N–H and O–H groups in total. The van der Waals surface area contributed by atoms with E-state index in [4.69, 9.17) is 10.8 Å². The maximum atomic E-state index is 11.7. The number of carbonyl (C=O) groups is 2. The predicted octanol–water partition coefficient (Wildman–Crippen LogP) is 2.46. The van der Waals surface area contributed by atoms with Crippen LogP contribution in [0.3, 0.4) is 0 Å². The summed E-state index contributed by atoms with van der Waals surface area (Å²) in [6.45, 7) is 0.553. The smallest absolute Gasteiger partial charge is 0.326 e. The average molecular weight is 398 g/mol. The molecule has 6 heteroatoms. The number of carboxylic acid groups (broad SMARTS) is 1. The van der Waals surface area contributed by atoms with E-state index in [2.05, 4.69) is 27.9 Å². The first kappa shape index (κ1) is 19.6. The zero-order chi connectivity index (χ0) is 15.2. The van der Waals surface area contributed by atoms with Crippen molar-refractivity contribution < 1.29 is 14.7 Å². The zero-order valence-corrected chi connectivity index (χ0v) is 14.2. The maximum absolute atomic E-state index is 11.7. The molecule has 0 saturated heterocycles. The predicted molar refractivity (Wildman–Crippen MR) is 89.1 cm³/mol. The monoisotopic (exact) mass is 398 g/mol. The van der Waals surface area contributed by atoms with Gasteiger partial charge in [-0.15, -0.1) is 0 Å². The number of carboxylic acids is 1. The fourth-order valence-electron chi connectivity index (χ4n) is 1.93. The second-order valence-electron chi connectivity index (χ2n) is 4.95. The quantitative estimate of drug-likeness (QED) is 0.253. The Bertz CT molecular complexity index is 275. The minimum atomic E-state index is -0.961. The lowest BCUT2D eigenvalue weighted by Crippen LogP contribution is -2.40. The summed E-state index contributed by atoms with van der Waals surface area (Å²) in [7, 11) is 0. The molecule has 1 amide bonds. The van der Waals surface area contributed by atoms with Crippen LogP contribution in [0.25, 0.3) is 0 Å². The largest absolute Gasteiger partial charge is 0.480 e. The van der Waals surface area contributed by atoms with Crippen molar-refractivity contribution in [3.8, 4) is 0 Å². The molecule has 0 aromatic rings. The summed E-state index contributed by atoms with van der Waals surface area (Å²) in [4.78, 5) is 22.7. The van der Waals surface area contributed by atoms with E-state index in [9.17, 15) is 9.59 Å². The second kappa shape index (κ2) is 13.6. The maximum Gasteiger partial charge on any atom is 0.326 e. The molecule has 0 saturated carbocycles. The Morgan fingerprint density at radius 2 is 1.70 bits per heavy atom. The third kappa shape index (κ3) is 11.5. The first-order chi connectivity index (χ1) is 9.61. The van der Waals surface area contributed by atoms with Crippen LogP contribution in [0, 0.1) is 0 Å². The molecular weight excluding hydrogens is 371 g/mol. The van der Waals surface area contributed by atoms with Gasteiger partial charge < -0.3 is 16.2 Å². The number of nitrogens with two attached hydrogens (primary N) is 1. The van der Waals surface area contributed by atoms with Gasteiger partial charge in [-0.05, 0) is 43.1 Å². The van der Waals surface area contributed by atoms with Crippen LogP contribution in [0.15, 0.2) is 0 Å². The lowest BCUT2D eigenvalue weighted by atomic mass is 10.1. The van der Waals surface area contributed by atoms with Crippen LogP contribution < -0.4 is 11.1 Å². The summed E-state index contributed by atoms with van der Waals surface area (Å²) in [5.74, 6) is -1.11. The van der Waals surface area contributed by atoms with E-state index < -0.39 is 12.0 Å². The molecular formula is C14H27IN2O3. The Morgan fingerprint density at radius 1 is 1.05 bits per heavy atom. The van der Waals surface area contributed by atoms with Gasteiger partial charge in [0.1, 0.15) is 6.04 Å². The van der Waals surface area contributed by atoms with Gasteiger partial charge in [-0.1, -0.05) is 41.9 Å². The second-order valence-corrected chi connectivity index (χ2v) is 6.03. The Kier molecular flexibility index (Phi) is 13.4. The molecule has 0 aromatic carbocycles. The van der Waals surface area contributed by atoms with E-state index in [0.29, 0.717) is 19.4 Å². The molecule has 0 unspecified atom stereocenters. The number of rotatable bonds is 13.